The Balaban J connectivity index is 0.000000507. The van der Waals surface area contributed by atoms with Crippen molar-refractivity contribution in [2.75, 3.05) is 28.4 Å². The molecule has 7 aromatic rings. The maximum absolute atomic E-state index is 12.3. The summed E-state index contributed by atoms with van der Waals surface area (Å²) < 4.78 is 52.1. The maximum Gasteiger partial charge on any atom is 0.408 e. The minimum absolute atomic E-state index is 0. The molecule has 0 radical (unpaired) electrons. The number of benzene rings is 7. The van der Waals surface area contributed by atoms with Crippen molar-refractivity contribution in [3.8, 4) is 23.0 Å². The van der Waals surface area contributed by atoms with E-state index in [1.54, 1.807) is 145 Å². The SMILES string of the molecule is CC(C)(C)OC(=O)C[C@H](C=O)NC(=O)OCc1ccccc1.CCc1cc(OC)ccc1Cl.COc1ccc(Cl)c(C=C[C@@H](CC(=O)OC(C)(C)C)NC(=O)OCc2ccccc2)c1.COc1ccc(Cl)c(CC[C@@H](CC(=O)O)NC(C)=O)c1.COc1ccc(Cl)c(CC[C@@H](CC(=O)OC(C)(C)C)NC(=O)OCc2ccccc2)c1.[Br-]. The van der Waals surface area contributed by atoms with Crippen molar-refractivity contribution in [3.05, 3.63) is 229 Å². The van der Waals surface area contributed by atoms with Crippen molar-refractivity contribution in [1.29, 1.82) is 0 Å². The number of aryl methyl sites for hydroxylation is 3. The van der Waals surface area contributed by atoms with Crippen LogP contribution >= 0.6 is 46.4 Å². The van der Waals surface area contributed by atoms with Crippen LogP contribution in [-0.4, -0.2) is 129 Å². The van der Waals surface area contributed by atoms with Gasteiger partial charge in [-0.25, -0.2) is 14.4 Å². The summed E-state index contributed by atoms with van der Waals surface area (Å²) in [5.41, 5.74) is 4.25. The molecular weight excluding hydrogens is 1640 g/mol. The summed E-state index contributed by atoms with van der Waals surface area (Å²) in [6, 6.07) is 46.9. The molecule has 116 heavy (non-hydrogen) atoms. The monoisotopic (exact) mass is 1750 g/mol. The Morgan fingerprint density at radius 2 is 0.750 bits per heavy atom. The van der Waals surface area contributed by atoms with E-state index in [0.29, 0.717) is 69.8 Å². The van der Waals surface area contributed by atoms with Gasteiger partial charge in [-0.1, -0.05) is 156 Å². The molecular formula is C87H108BrCl4N4O20-. The number of ether oxygens (including phenoxy) is 10. The Labute approximate surface area is 711 Å². The number of rotatable bonds is 32. The van der Waals surface area contributed by atoms with Gasteiger partial charge in [0.25, 0.3) is 0 Å². The molecule has 0 bridgehead atoms. The average molecular weight is 1750 g/mol. The maximum atomic E-state index is 12.3. The summed E-state index contributed by atoms with van der Waals surface area (Å²) in [5, 5.41) is 21.8. The number of amides is 4. The molecule has 0 aliphatic rings. The number of hydrogen-bond acceptors (Lipinski definition) is 19. The number of carboxylic acids is 1. The lowest BCUT2D eigenvalue weighted by molar-refractivity contribution is -0.156. The van der Waals surface area contributed by atoms with Crippen LogP contribution in [0.3, 0.4) is 0 Å². The average Bonchev–Trinajstić information content (AvgIpc) is 0.828. The van der Waals surface area contributed by atoms with Crippen LogP contribution in [-0.2, 0) is 96.3 Å². The second kappa shape index (κ2) is 54.0. The molecule has 7 aromatic carbocycles. The van der Waals surface area contributed by atoms with Crippen molar-refractivity contribution in [3.63, 3.8) is 0 Å². The second-order valence-electron chi connectivity index (χ2n) is 28.6. The first-order valence-electron chi connectivity index (χ1n) is 36.8. The van der Waals surface area contributed by atoms with Gasteiger partial charge in [-0.15, -0.1) is 0 Å². The van der Waals surface area contributed by atoms with E-state index >= 15 is 0 Å². The highest BCUT2D eigenvalue weighted by molar-refractivity contribution is 6.32. The van der Waals surface area contributed by atoms with E-state index in [1.807, 2.05) is 121 Å². The minimum Gasteiger partial charge on any atom is -1.00 e. The summed E-state index contributed by atoms with van der Waals surface area (Å²) >= 11 is 24.5. The van der Waals surface area contributed by atoms with E-state index in [1.165, 1.54) is 6.92 Å². The normalized spacial score (nSPS) is 11.8. The van der Waals surface area contributed by atoms with Gasteiger partial charge in [0.1, 0.15) is 65.9 Å². The fourth-order valence-corrected chi connectivity index (χ4v) is 10.9. The minimum atomic E-state index is -0.974. The Morgan fingerprint density at radius 1 is 0.422 bits per heavy atom. The number of nitrogens with one attached hydrogen (secondary N) is 4. The van der Waals surface area contributed by atoms with E-state index in [4.69, 9.17) is 98.9 Å². The van der Waals surface area contributed by atoms with Gasteiger partial charge in [0.2, 0.25) is 5.91 Å². The third-order valence-electron chi connectivity index (χ3n) is 15.4. The predicted molar refractivity (Wildman–Crippen MR) is 445 cm³/mol. The number of carbonyl (C=O) groups excluding carboxylic acids is 8. The molecule has 0 fully saturated rings. The van der Waals surface area contributed by atoms with E-state index < -0.39 is 83.1 Å². The van der Waals surface area contributed by atoms with Crippen LogP contribution in [0.2, 0.25) is 20.1 Å². The van der Waals surface area contributed by atoms with Crippen molar-refractivity contribution < 1.29 is 113 Å². The lowest BCUT2D eigenvalue weighted by Crippen LogP contribution is -3.00. The quantitative estimate of drug-likeness (QED) is 0.0149. The topological polar surface area (TPSA) is 314 Å². The first-order chi connectivity index (χ1) is 54.3. The van der Waals surface area contributed by atoms with Crippen LogP contribution in [0.15, 0.2) is 170 Å². The molecule has 29 heteroatoms. The highest BCUT2D eigenvalue weighted by atomic mass is 79.9. The largest absolute Gasteiger partial charge is 1.00 e. The molecule has 5 N–H and O–H groups in total. The molecule has 4 atom stereocenters. The zero-order valence-corrected chi connectivity index (χ0v) is 72.8. The van der Waals surface area contributed by atoms with Gasteiger partial charge < -0.3 is 95.5 Å². The predicted octanol–water partition coefficient (Wildman–Crippen LogP) is 15.1. The lowest BCUT2D eigenvalue weighted by atomic mass is 10.0. The van der Waals surface area contributed by atoms with Crippen molar-refractivity contribution in [2.24, 2.45) is 0 Å². The summed E-state index contributed by atoms with van der Waals surface area (Å²) in [5.74, 6) is 0.313. The van der Waals surface area contributed by atoms with Gasteiger partial charge >= 0.3 is 42.2 Å². The summed E-state index contributed by atoms with van der Waals surface area (Å²) in [6.07, 6.45) is 4.53. The van der Waals surface area contributed by atoms with Crippen LogP contribution in [0.1, 0.15) is 154 Å². The molecule has 4 amide bonds. The Kier molecular flexibility index (Phi) is 47.5. The molecule has 24 nitrogen and oxygen atoms in total. The molecule has 0 aliphatic carbocycles. The molecule has 632 valence electrons. The number of halogens is 5. The first-order valence-corrected chi connectivity index (χ1v) is 38.3. The number of methoxy groups -OCH3 is 4. The van der Waals surface area contributed by atoms with E-state index in [-0.39, 0.29) is 68.4 Å². The van der Waals surface area contributed by atoms with E-state index in [9.17, 15) is 43.2 Å². The van der Waals surface area contributed by atoms with Crippen LogP contribution < -0.4 is 57.2 Å². The Bertz CT molecular complexity index is 4200. The van der Waals surface area contributed by atoms with Crippen LogP contribution in [0.5, 0.6) is 23.0 Å². The number of esters is 3. The molecule has 0 aromatic heterocycles. The van der Waals surface area contributed by atoms with Crippen LogP contribution in [0.25, 0.3) is 6.08 Å². The zero-order valence-electron chi connectivity index (χ0n) is 68.2. The molecule has 0 saturated heterocycles. The number of aliphatic carboxylic acids is 1. The van der Waals surface area contributed by atoms with Gasteiger partial charge in [0.15, 0.2) is 0 Å². The molecule has 0 saturated carbocycles. The molecule has 0 spiro atoms. The van der Waals surface area contributed by atoms with Crippen molar-refractivity contribution in [2.45, 2.75) is 195 Å². The molecule has 7 rings (SSSR count). The first kappa shape index (κ1) is 102. The second-order valence-corrected chi connectivity index (χ2v) is 30.2. The number of carboxylic acid groups (broad SMARTS) is 1. The summed E-state index contributed by atoms with van der Waals surface area (Å²) in [7, 11) is 6.37. The number of carbonyl (C=O) groups is 9. The number of hydrogen-bond donors (Lipinski definition) is 5. The highest BCUT2D eigenvalue weighted by Gasteiger charge is 2.26. The molecule has 0 heterocycles. The fourth-order valence-electron chi connectivity index (χ4n) is 10.1. The van der Waals surface area contributed by atoms with E-state index in [0.717, 1.165) is 50.6 Å². The summed E-state index contributed by atoms with van der Waals surface area (Å²) in [6.45, 7) is 19.7. The molecule has 0 unspecified atom stereocenters. The Morgan fingerprint density at radius 3 is 1.10 bits per heavy atom. The van der Waals surface area contributed by atoms with Crippen LogP contribution in [0.4, 0.5) is 14.4 Å². The standard InChI is InChI=1S/C24H30ClNO5.C24H28ClNO5.C16H21NO5.C14H18ClNO4.C9H11ClO.BrH/c2*1-24(2,3)31-22(27)15-19(11-10-18-14-20(29-4)12-13-21(18)25)26-23(28)30-16-17-8-6-5-7-9-17;1-16(2,3)22-14(19)9-13(10-18)17-15(20)21-11-12-7-5-4-6-8-12;1-9(17)16-11(8-14(18)19)4-3-10-7-12(20-2)5-6-13(10)15;1-3-7-6-8(11-2)4-5-9(7)10;/h5-9,12-14,19H,10-11,15-16H2,1-4H3,(H,26,28);5-14,19H,15-16H2,1-4H3,(H,26,28);4-8,10,13H,9,11H2,1-3H3,(H,17,20);5-7,11H,3-4,8H2,1-2H3,(H,16,17)(H,18,19);4-6H,3H2,1-2H3;1H/p-1/t2*19-;13-;11-;;/m0010../s1. The third-order valence-corrected chi connectivity index (χ3v) is 16.8. The highest BCUT2D eigenvalue weighted by Crippen LogP contribution is 2.28. The van der Waals surface area contributed by atoms with Gasteiger partial charge in [0.05, 0.1) is 66.2 Å². The van der Waals surface area contributed by atoms with Gasteiger partial charge in [-0.2, -0.15) is 0 Å². The van der Waals surface area contributed by atoms with Crippen LogP contribution in [0, 0.1) is 0 Å². The zero-order chi connectivity index (χ0) is 85.7. The summed E-state index contributed by atoms with van der Waals surface area (Å²) in [4.78, 5) is 105. The molecule has 0 aliphatic heterocycles. The smallest absolute Gasteiger partial charge is 0.408 e. The number of aldehydes is 1. The van der Waals surface area contributed by atoms with Crippen molar-refractivity contribution in [1.82, 2.24) is 21.3 Å². The fraction of sp³-hybridized carbons (Fsp3) is 0.391. The van der Waals surface area contributed by atoms with Crippen molar-refractivity contribution >= 4 is 107 Å². The van der Waals surface area contributed by atoms with E-state index in [2.05, 4.69) is 28.2 Å². The number of alkyl carbamates (subject to hydrolysis) is 3. The van der Waals surface area contributed by atoms with Gasteiger partial charge in [-0.3, -0.25) is 24.0 Å². The van der Waals surface area contributed by atoms with Gasteiger partial charge in [0, 0.05) is 39.1 Å². The third kappa shape index (κ3) is 45.9. The lowest BCUT2D eigenvalue weighted by Gasteiger charge is -2.23. The Hall–Kier alpha value is -10.1. The van der Waals surface area contributed by atoms with Gasteiger partial charge in [-0.05, 0) is 206 Å².